The lowest BCUT2D eigenvalue weighted by Gasteiger charge is -2.19. The topological polar surface area (TPSA) is 101 Å². The largest absolute Gasteiger partial charge is 0.493 e. The van der Waals surface area contributed by atoms with E-state index in [2.05, 4.69) is 50.4 Å². The van der Waals surface area contributed by atoms with Crippen LogP contribution in [0.5, 0.6) is 23.0 Å². The van der Waals surface area contributed by atoms with Gasteiger partial charge in [0.15, 0.2) is 28.2 Å². The summed E-state index contributed by atoms with van der Waals surface area (Å²) in [6.07, 6.45) is 0.642. The third kappa shape index (κ3) is 7.28. The third-order valence-corrected chi connectivity index (χ3v) is 9.35. The number of rotatable bonds is 11. The van der Waals surface area contributed by atoms with Crippen molar-refractivity contribution in [1.82, 2.24) is 14.9 Å². The fraction of sp³-hybridized carbons (Fsp3) is 0.289. The number of ether oxygens (including phenoxy) is 4. The molecule has 4 aromatic carbocycles. The van der Waals surface area contributed by atoms with Crippen LogP contribution < -0.4 is 29.8 Å². The summed E-state index contributed by atoms with van der Waals surface area (Å²) in [7, 11) is 3.20. The molecular weight excluding hydrogens is 627 g/mol. The Bertz CT molecular complexity index is 2000. The molecule has 10 heteroatoms. The second-order valence-corrected chi connectivity index (χ2v) is 13.6. The van der Waals surface area contributed by atoms with Crippen molar-refractivity contribution < 1.29 is 23.7 Å². The first kappa shape index (κ1) is 33.0. The van der Waals surface area contributed by atoms with Crippen molar-refractivity contribution >= 4 is 28.6 Å². The molecule has 0 saturated carbocycles. The summed E-state index contributed by atoms with van der Waals surface area (Å²) in [5, 5.41) is 4.05. The molecule has 0 unspecified atom stereocenters. The van der Waals surface area contributed by atoms with Crippen molar-refractivity contribution in [2.45, 2.75) is 50.1 Å². The van der Waals surface area contributed by atoms with Crippen LogP contribution in [0.3, 0.4) is 0 Å². The number of carbonyl (C=O) groups is 1. The molecule has 1 aromatic heterocycles. The van der Waals surface area contributed by atoms with Crippen molar-refractivity contribution in [1.29, 1.82) is 0 Å². The molecule has 0 atom stereocenters. The predicted molar refractivity (Wildman–Crippen MR) is 188 cm³/mol. The Labute approximate surface area is 284 Å². The van der Waals surface area contributed by atoms with Gasteiger partial charge >= 0.3 is 0 Å². The molecule has 0 bridgehead atoms. The zero-order chi connectivity index (χ0) is 33.8. The molecule has 2 heterocycles. The van der Waals surface area contributed by atoms with Gasteiger partial charge in [0.05, 0.1) is 31.7 Å². The molecule has 1 aliphatic rings. The third-order valence-electron chi connectivity index (χ3n) is 8.31. The Morgan fingerprint density at radius 3 is 2.23 bits per heavy atom. The van der Waals surface area contributed by atoms with Crippen molar-refractivity contribution in [3.63, 3.8) is 0 Å². The average molecular weight is 666 g/mol. The van der Waals surface area contributed by atoms with Gasteiger partial charge in [0.1, 0.15) is 0 Å². The smallest absolute Gasteiger partial charge is 0.262 e. The number of nitrogens with zero attached hydrogens (tertiary/aromatic N) is 2. The Hall–Kier alpha value is -4.96. The molecule has 5 aromatic rings. The maximum atomic E-state index is 13.9. The Morgan fingerprint density at radius 2 is 1.54 bits per heavy atom. The molecule has 1 N–H and O–H groups in total. The lowest BCUT2D eigenvalue weighted by Crippen LogP contribution is -2.26. The van der Waals surface area contributed by atoms with E-state index in [9.17, 15) is 9.59 Å². The Balaban J connectivity index is 1.18. The number of hydrogen-bond acceptors (Lipinski definition) is 8. The summed E-state index contributed by atoms with van der Waals surface area (Å²) in [5.74, 6) is 2.91. The van der Waals surface area contributed by atoms with Crippen molar-refractivity contribution in [3.05, 3.63) is 117 Å². The van der Waals surface area contributed by atoms with Gasteiger partial charge in [-0.2, -0.15) is 0 Å². The van der Waals surface area contributed by atoms with Gasteiger partial charge in [-0.1, -0.05) is 75.0 Å². The standard InChI is InChI=1S/C38H39N3O6S/c1-38(2,3)28-13-8-26(9-14-28)22-48-37-40-30-20-34-33(46-23-47-34)19-29(30)36(43)41(37)21-25-6-11-27(12-7-25)35(42)39-17-16-24-10-15-31(44-4)32(18-24)45-5/h6-15,18-20H,16-17,21-23H2,1-5H3,(H,39,42). The molecule has 9 nitrogen and oxygen atoms in total. The highest BCUT2D eigenvalue weighted by atomic mass is 32.2. The number of thioether (sulfide) groups is 1. The van der Waals surface area contributed by atoms with Crippen LogP contribution in [-0.2, 0) is 24.1 Å². The summed E-state index contributed by atoms with van der Waals surface area (Å²) in [5.41, 5.74) is 5.31. The first-order valence-corrected chi connectivity index (χ1v) is 16.8. The minimum atomic E-state index is -0.170. The number of amides is 1. The fourth-order valence-corrected chi connectivity index (χ4v) is 6.45. The van der Waals surface area contributed by atoms with Crippen LogP contribution in [0.4, 0.5) is 0 Å². The van der Waals surface area contributed by atoms with Crippen LogP contribution in [0, 0.1) is 0 Å². The number of benzene rings is 4. The van der Waals surface area contributed by atoms with Crippen LogP contribution in [0.25, 0.3) is 10.9 Å². The minimum Gasteiger partial charge on any atom is -0.493 e. The van der Waals surface area contributed by atoms with E-state index in [0.29, 0.717) is 69.9 Å². The van der Waals surface area contributed by atoms with Crippen LogP contribution in [0.2, 0.25) is 0 Å². The van der Waals surface area contributed by atoms with Crippen molar-refractivity contribution in [2.24, 2.45) is 0 Å². The molecule has 248 valence electrons. The van der Waals surface area contributed by atoms with Gasteiger partial charge in [0.25, 0.3) is 11.5 Å². The fourth-order valence-electron chi connectivity index (χ4n) is 5.49. The van der Waals surface area contributed by atoms with E-state index in [0.717, 1.165) is 16.7 Å². The van der Waals surface area contributed by atoms with Crippen LogP contribution in [0.1, 0.15) is 53.4 Å². The lowest BCUT2D eigenvalue weighted by molar-refractivity contribution is 0.0954. The summed E-state index contributed by atoms with van der Waals surface area (Å²) < 4.78 is 23.5. The number of aromatic nitrogens is 2. The highest BCUT2D eigenvalue weighted by Gasteiger charge is 2.20. The molecule has 48 heavy (non-hydrogen) atoms. The molecule has 1 amide bonds. The zero-order valence-corrected chi connectivity index (χ0v) is 28.6. The van der Waals surface area contributed by atoms with E-state index in [-0.39, 0.29) is 23.7 Å². The second kappa shape index (κ2) is 14.0. The predicted octanol–water partition coefficient (Wildman–Crippen LogP) is 6.75. The highest BCUT2D eigenvalue weighted by Crippen LogP contribution is 2.35. The summed E-state index contributed by atoms with van der Waals surface area (Å²) >= 11 is 1.52. The van der Waals surface area contributed by atoms with E-state index in [1.54, 1.807) is 43.1 Å². The van der Waals surface area contributed by atoms with E-state index in [1.165, 1.54) is 17.3 Å². The first-order valence-electron chi connectivity index (χ1n) is 15.8. The molecule has 1 aliphatic heterocycles. The van der Waals surface area contributed by atoms with E-state index < -0.39 is 0 Å². The average Bonchev–Trinajstić information content (AvgIpc) is 3.55. The first-order chi connectivity index (χ1) is 23.1. The van der Waals surface area contributed by atoms with Crippen LogP contribution in [0.15, 0.2) is 88.8 Å². The zero-order valence-electron chi connectivity index (χ0n) is 27.8. The summed E-state index contributed by atoms with van der Waals surface area (Å²) in [6.45, 7) is 7.46. The number of fused-ring (bicyclic) bond motifs is 2. The Kier molecular flexibility index (Phi) is 9.63. The SMILES string of the molecule is COc1ccc(CCNC(=O)c2ccc(Cn3c(SCc4ccc(C(C)(C)C)cc4)nc4cc5c(cc4c3=O)OCO5)cc2)cc1OC. The number of carbonyl (C=O) groups excluding carboxylic acids is 1. The van der Waals surface area contributed by atoms with E-state index in [1.807, 2.05) is 30.3 Å². The van der Waals surface area contributed by atoms with Gasteiger partial charge in [0, 0.05) is 23.9 Å². The second-order valence-electron chi connectivity index (χ2n) is 12.6. The van der Waals surface area contributed by atoms with E-state index in [4.69, 9.17) is 23.9 Å². The maximum absolute atomic E-state index is 13.9. The van der Waals surface area contributed by atoms with Crippen molar-refractivity contribution in [2.75, 3.05) is 27.6 Å². The van der Waals surface area contributed by atoms with Gasteiger partial charge < -0.3 is 24.3 Å². The minimum absolute atomic E-state index is 0.0697. The Morgan fingerprint density at radius 1 is 0.875 bits per heavy atom. The van der Waals surface area contributed by atoms with Gasteiger partial charge in [-0.25, -0.2) is 4.98 Å². The molecular formula is C38H39N3O6S. The van der Waals surface area contributed by atoms with Gasteiger partial charge in [-0.05, 0) is 64.4 Å². The van der Waals surface area contributed by atoms with Gasteiger partial charge in [0.2, 0.25) is 6.79 Å². The monoisotopic (exact) mass is 665 g/mol. The normalized spacial score (nSPS) is 12.3. The van der Waals surface area contributed by atoms with Crippen molar-refractivity contribution in [3.8, 4) is 23.0 Å². The van der Waals surface area contributed by atoms with Crippen LogP contribution >= 0.6 is 11.8 Å². The summed E-state index contributed by atoms with van der Waals surface area (Å²) in [4.78, 5) is 31.8. The number of nitrogens with one attached hydrogen (secondary N) is 1. The summed E-state index contributed by atoms with van der Waals surface area (Å²) in [6, 6.07) is 25.1. The number of hydrogen-bond donors (Lipinski definition) is 1. The molecule has 0 saturated heterocycles. The quantitative estimate of drug-likeness (QED) is 0.122. The molecule has 0 aliphatic carbocycles. The molecule has 0 spiro atoms. The highest BCUT2D eigenvalue weighted by molar-refractivity contribution is 7.98. The van der Waals surface area contributed by atoms with Gasteiger partial charge in [-0.3, -0.25) is 14.2 Å². The molecule has 0 radical (unpaired) electrons. The van der Waals surface area contributed by atoms with Crippen LogP contribution in [-0.4, -0.2) is 43.0 Å². The number of methoxy groups -OCH3 is 2. The molecule has 6 rings (SSSR count). The maximum Gasteiger partial charge on any atom is 0.262 e. The lowest BCUT2D eigenvalue weighted by atomic mass is 9.87. The van der Waals surface area contributed by atoms with Gasteiger partial charge in [-0.15, -0.1) is 0 Å². The molecule has 0 fully saturated rings. The van der Waals surface area contributed by atoms with E-state index >= 15 is 0 Å².